The zero-order valence-electron chi connectivity index (χ0n) is 16.7. The minimum atomic E-state index is -3.40. The molecule has 1 saturated carbocycles. The number of aromatic nitrogens is 3. The molecule has 2 aromatic heterocycles. The monoisotopic (exact) mass is 449 g/mol. The number of aryl methyl sites for hydroxylation is 1. The minimum absolute atomic E-state index is 0.00904. The molecule has 0 aliphatic heterocycles. The van der Waals surface area contributed by atoms with Crippen molar-refractivity contribution in [2.75, 3.05) is 12.9 Å². The Kier molecular flexibility index (Phi) is 6.26. The van der Waals surface area contributed by atoms with Gasteiger partial charge in [0.15, 0.2) is 21.4 Å². The van der Waals surface area contributed by atoms with E-state index >= 15 is 0 Å². The summed E-state index contributed by atoms with van der Waals surface area (Å²) in [6.07, 6.45) is 4.77. The van der Waals surface area contributed by atoms with Crippen LogP contribution in [0.5, 0.6) is 0 Å². The number of methoxy groups -OCH3 is 1. The molecule has 2 atom stereocenters. The quantitative estimate of drug-likeness (QED) is 0.514. The van der Waals surface area contributed by atoms with Crippen LogP contribution in [-0.4, -0.2) is 42.1 Å². The molecule has 1 aromatic carbocycles. The van der Waals surface area contributed by atoms with Crippen LogP contribution < -0.4 is 0 Å². The van der Waals surface area contributed by atoms with Crippen molar-refractivity contribution in [3.05, 3.63) is 59.1 Å². The molecule has 0 radical (unpaired) electrons. The van der Waals surface area contributed by atoms with E-state index in [1.165, 1.54) is 0 Å². The fourth-order valence-corrected chi connectivity index (χ4v) is 5.42. The van der Waals surface area contributed by atoms with Crippen molar-refractivity contribution in [3.8, 4) is 11.6 Å². The number of sulfone groups is 1. The molecule has 1 aliphatic carbocycles. The Labute approximate surface area is 180 Å². The van der Waals surface area contributed by atoms with Gasteiger partial charge < -0.3 is 13.7 Å². The summed E-state index contributed by atoms with van der Waals surface area (Å²) < 4.78 is 38.9. The van der Waals surface area contributed by atoms with Gasteiger partial charge in [0.1, 0.15) is 11.6 Å². The topological polar surface area (TPSA) is 87.2 Å². The van der Waals surface area contributed by atoms with E-state index in [0.717, 1.165) is 24.8 Å². The van der Waals surface area contributed by atoms with Crippen molar-refractivity contribution in [1.82, 2.24) is 14.8 Å². The number of ether oxygens (including phenoxy) is 1. The van der Waals surface area contributed by atoms with Gasteiger partial charge in [-0.1, -0.05) is 23.7 Å². The number of hydrogen-bond donors (Lipinski definition) is 0. The van der Waals surface area contributed by atoms with Gasteiger partial charge in [-0.2, -0.15) is 0 Å². The molecule has 1 fully saturated rings. The lowest BCUT2D eigenvalue weighted by atomic mass is 10.2. The molecule has 1 aliphatic rings. The summed E-state index contributed by atoms with van der Waals surface area (Å²) >= 11 is 5.90. The lowest BCUT2D eigenvalue weighted by Crippen LogP contribution is -2.24. The lowest BCUT2D eigenvalue weighted by molar-refractivity contribution is 0.0745. The van der Waals surface area contributed by atoms with Crippen molar-refractivity contribution >= 4 is 21.4 Å². The van der Waals surface area contributed by atoms with E-state index in [1.807, 2.05) is 16.7 Å². The number of hydrogen-bond acceptors (Lipinski definition) is 6. The molecule has 9 heteroatoms. The zero-order valence-corrected chi connectivity index (χ0v) is 18.3. The predicted molar refractivity (Wildman–Crippen MR) is 114 cm³/mol. The molecule has 0 N–H and O–H groups in total. The summed E-state index contributed by atoms with van der Waals surface area (Å²) in [5.74, 6) is 1.37. The van der Waals surface area contributed by atoms with Crippen LogP contribution in [0.1, 0.15) is 36.7 Å². The van der Waals surface area contributed by atoms with Gasteiger partial charge in [0.25, 0.3) is 0 Å². The van der Waals surface area contributed by atoms with Crippen LogP contribution in [0.15, 0.2) is 47.1 Å². The Morgan fingerprint density at radius 1 is 1.20 bits per heavy atom. The summed E-state index contributed by atoms with van der Waals surface area (Å²) in [4.78, 5) is 0. The highest BCUT2D eigenvalue weighted by molar-refractivity contribution is 7.90. The average molecular weight is 450 g/mol. The van der Waals surface area contributed by atoms with Gasteiger partial charge in [-0.3, -0.25) is 0 Å². The van der Waals surface area contributed by atoms with E-state index in [9.17, 15) is 8.42 Å². The van der Waals surface area contributed by atoms with Gasteiger partial charge in [-0.25, -0.2) is 8.42 Å². The molecule has 2 heterocycles. The van der Waals surface area contributed by atoms with Crippen LogP contribution in [0.25, 0.3) is 11.6 Å². The van der Waals surface area contributed by atoms with Gasteiger partial charge in [-0.05, 0) is 55.5 Å². The van der Waals surface area contributed by atoms with Crippen molar-refractivity contribution < 1.29 is 17.6 Å². The van der Waals surface area contributed by atoms with E-state index < -0.39 is 9.84 Å². The van der Waals surface area contributed by atoms with Crippen molar-refractivity contribution in [1.29, 1.82) is 0 Å². The van der Waals surface area contributed by atoms with Crippen LogP contribution in [0.3, 0.4) is 0 Å². The SMILES string of the molecule is CO[C@@H]1CCC[C@H]1n1c(CS(=O)(=O)CCc2ccc(Cl)cc2)nnc1-c1ccco1. The van der Waals surface area contributed by atoms with Crippen molar-refractivity contribution in [3.63, 3.8) is 0 Å². The Morgan fingerprint density at radius 2 is 2.00 bits per heavy atom. The van der Waals surface area contributed by atoms with Crippen LogP contribution in [-0.2, 0) is 26.7 Å². The third kappa shape index (κ3) is 4.61. The maximum atomic E-state index is 12.9. The average Bonchev–Trinajstić information content (AvgIpc) is 3.47. The Hall–Kier alpha value is -2.16. The maximum Gasteiger partial charge on any atom is 0.200 e. The smallest absolute Gasteiger partial charge is 0.200 e. The Morgan fingerprint density at radius 3 is 2.70 bits per heavy atom. The van der Waals surface area contributed by atoms with E-state index in [-0.39, 0.29) is 23.7 Å². The molecule has 0 amide bonds. The number of furan rings is 1. The van der Waals surface area contributed by atoms with Gasteiger partial charge in [0, 0.05) is 12.1 Å². The van der Waals surface area contributed by atoms with Crippen LogP contribution in [0, 0.1) is 0 Å². The minimum Gasteiger partial charge on any atom is -0.461 e. The van der Waals surface area contributed by atoms with E-state index in [1.54, 1.807) is 37.6 Å². The molecule has 30 heavy (non-hydrogen) atoms. The highest BCUT2D eigenvalue weighted by Gasteiger charge is 2.34. The predicted octanol–water partition coefficient (Wildman–Crippen LogP) is 4.09. The van der Waals surface area contributed by atoms with E-state index in [4.69, 9.17) is 20.8 Å². The first-order valence-electron chi connectivity index (χ1n) is 9.92. The molecule has 0 spiro atoms. The fraction of sp³-hybridized carbons (Fsp3) is 0.429. The number of rotatable bonds is 8. The van der Waals surface area contributed by atoms with Gasteiger partial charge in [0.05, 0.1) is 24.2 Å². The second-order valence-corrected chi connectivity index (χ2v) is 10.1. The maximum absolute atomic E-state index is 12.9. The van der Waals surface area contributed by atoms with Crippen LogP contribution >= 0.6 is 11.6 Å². The molecule has 7 nitrogen and oxygen atoms in total. The van der Waals surface area contributed by atoms with Crippen LogP contribution in [0.2, 0.25) is 5.02 Å². The first-order valence-corrected chi connectivity index (χ1v) is 12.1. The molecule has 3 aromatic rings. The standard InChI is InChI=1S/C21H24ClN3O4S/c1-28-18-5-2-4-17(18)25-20(23-24-21(25)19-6-3-12-29-19)14-30(26,27)13-11-15-7-9-16(22)10-8-15/h3,6-10,12,17-18H,2,4-5,11,13-14H2,1H3/t17-,18-/m1/s1. The van der Waals surface area contributed by atoms with E-state index in [2.05, 4.69) is 10.2 Å². The summed E-state index contributed by atoms with van der Waals surface area (Å²) in [6.45, 7) is 0. The molecule has 0 bridgehead atoms. The molecular formula is C21H24ClN3O4S. The second-order valence-electron chi connectivity index (χ2n) is 7.53. The van der Waals surface area contributed by atoms with E-state index in [0.29, 0.717) is 28.9 Å². The highest BCUT2D eigenvalue weighted by Crippen LogP contribution is 2.36. The second kappa shape index (κ2) is 8.91. The molecule has 4 rings (SSSR count). The lowest BCUT2D eigenvalue weighted by Gasteiger charge is -2.22. The summed E-state index contributed by atoms with van der Waals surface area (Å²) in [5, 5.41) is 9.14. The first-order chi connectivity index (χ1) is 14.5. The number of halogens is 1. The Bertz CT molecular complexity index is 1080. The van der Waals surface area contributed by atoms with Crippen LogP contribution in [0.4, 0.5) is 0 Å². The van der Waals surface area contributed by atoms with Gasteiger partial charge in [0.2, 0.25) is 0 Å². The fourth-order valence-electron chi connectivity index (χ4n) is 4.01. The molecular weight excluding hydrogens is 426 g/mol. The van der Waals surface area contributed by atoms with Crippen molar-refractivity contribution in [2.45, 2.75) is 43.6 Å². The zero-order chi connectivity index (χ0) is 21.1. The summed E-state index contributed by atoms with van der Waals surface area (Å²) in [5.41, 5.74) is 0.927. The normalized spacial score (nSPS) is 19.4. The molecule has 0 saturated heterocycles. The molecule has 160 valence electrons. The molecule has 0 unspecified atom stereocenters. The number of nitrogens with zero attached hydrogens (tertiary/aromatic N) is 3. The summed E-state index contributed by atoms with van der Waals surface area (Å²) in [6, 6.07) is 10.8. The summed E-state index contributed by atoms with van der Waals surface area (Å²) in [7, 11) is -1.72. The van der Waals surface area contributed by atoms with Crippen molar-refractivity contribution in [2.24, 2.45) is 0 Å². The van der Waals surface area contributed by atoms with Gasteiger partial charge >= 0.3 is 0 Å². The third-order valence-electron chi connectivity index (χ3n) is 5.52. The number of benzene rings is 1. The first kappa shape index (κ1) is 21.1. The third-order valence-corrected chi connectivity index (χ3v) is 7.30. The largest absolute Gasteiger partial charge is 0.461 e. The highest BCUT2D eigenvalue weighted by atomic mass is 35.5. The van der Waals surface area contributed by atoms with Gasteiger partial charge in [-0.15, -0.1) is 10.2 Å². The Balaban J connectivity index is 1.59.